The van der Waals surface area contributed by atoms with Crippen LogP contribution in [0, 0.1) is 12.3 Å². The Balaban J connectivity index is 2.03. The molecule has 224 valence electrons. The first-order chi connectivity index (χ1) is 19.0. The van der Waals surface area contributed by atoms with Gasteiger partial charge in [0.2, 0.25) is 5.91 Å². The van der Waals surface area contributed by atoms with Gasteiger partial charge in [0, 0.05) is 105 Å². The van der Waals surface area contributed by atoms with Gasteiger partial charge in [0.1, 0.15) is 0 Å². The van der Waals surface area contributed by atoms with Crippen molar-refractivity contribution in [2.75, 3.05) is 112 Å². The lowest BCUT2D eigenvalue weighted by Crippen LogP contribution is -2.68. The van der Waals surface area contributed by atoms with Crippen LogP contribution in [0.25, 0.3) is 0 Å². The van der Waals surface area contributed by atoms with Gasteiger partial charge in [0.05, 0.1) is 30.9 Å². The third-order valence-electron chi connectivity index (χ3n) is 6.69. The molecule has 39 heavy (non-hydrogen) atoms. The summed E-state index contributed by atoms with van der Waals surface area (Å²) in [5.74, 6) is 2.65. The molecule has 3 saturated heterocycles. The van der Waals surface area contributed by atoms with E-state index in [-0.39, 0.29) is 11.4 Å². The molecule has 0 aliphatic carbocycles. The van der Waals surface area contributed by atoms with E-state index in [2.05, 4.69) is 53.8 Å². The number of terminal acetylenes is 1. The summed E-state index contributed by atoms with van der Waals surface area (Å²) >= 11 is 5.64. The van der Waals surface area contributed by atoms with Crippen molar-refractivity contribution in [3.63, 3.8) is 0 Å². The van der Waals surface area contributed by atoms with Crippen molar-refractivity contribution in [3.8, 4) is 12.3 Å². The van der Waals surface area contributed by atoms with Crippen LogP contribution in [0.5, 0.6) is 0 Å². The van der Waals surface area contributed by atoms with E-state index in [9.17, 15) is 4.79 Å². The number of rotatable bonds is 11. The number of carbonyl (C=O) groups is 1. The van der Waals surface area contributed by atoms with Crippen LogP contribution in [0.3, 0.4) is 0 Å². The average molecular weight is 570 g/mol. The SMILES string of the molecule is C#CCCCNC(=S)NC12CNCCNCC(NC(=O)CCOCCOC)(CNCCNC1)CNCCNC2. The molecule has 1 amide bonds. The molecule has 2 bridgehead atoms. The van der Waals surface area contributed by atoms with Gasteiger partial charge >= 0.3 is 0 Å². The minimum Gasteiger partial charge on any atom is -0.382 e. The van der Waals surface area contributed by atoms with Crippen molar-refractivity contribution in [2.24, 2.45) is 0 Å². The fraction of sp³-hybridized carbons (Fsp3) is 0.846. The number of amides is 1. The molecule has 3 heterocycles. The Kier molecular flexibility index (Phi) is 17.5. The number of hydrogen-bond acceptors (Lipinski definition) is 10. The highest BCUT2D eigenvalue weighted by atomic mass is 32.1. The van der Waals surface area contributed by atoms with Crippen LogP contribution in [0.2, 0.25) is 0 Å². The minimum atomic E-state index is -0.472. The van der Waals surface area contributed by atoms with Crippen molar-refractivity contribution in [2.45, 2.75) is 30.3 Å². The van der Waals surface area contributed by atoms with E-state index in [1.165, 1.54) is 0 Å². The Morgan fingerprint density at radius 1 is 0.821 bits per heavy atom. The summed E-state index contributed by atoms with van der Waals surface area (Å²) in [6, 6.07) is 0. The molecule has 3 fully saturated rings. The summed E-state index contributed by atoms with van der Waals surface area (Å²) in [5, 5.41) is 32.3. The molecule has 0 unspecified atom stereocenters. The number of thiocarbonyl (C=S) groups is 1. The Hall–Kier alpha value is -1.60. The molecule has 0 radical (unpaired) electrons. The molecule has 9 N–H and O–H groups in total. The smallest absolute Gasteiger partial charge is 0.222 e. The van der Waals surface area contributed by atoms with Gasteiger partial charge in [0.25, 0.3) is 0 Å². The highest BCUT2D eigenvalue weighted by Crippen LogP contribution is 2.06. The summed E-state index contributed by atoms with van der Waals surface area (Å²) in [7, 11) is 1.63. The van der Waals surface area contributed by atoms with Gasteiger partial charge in [-0.05, 0) is 18.6 Å². The van der Waals surface area contributed by atoms with Crippen LogP contribution >= 0.6 is 12.2 Å². The molecule has 0 saturated carbocycles. The number of hydrogen-bond donors (Lipinski definition) is 9. The van der Waals surface area contributed by atoms with Gasteiger partial charge in [0.15, 0.2) is 5.11 Å². The number of ether oxygens (including phenoxy) is 2. The Morgan fingerprint density at radius 3 is 1.77 bits per heavy atom. The molecule has 3 rings (SSSR count). The lowest BCUT2D eigenvalue weighted by molar-refractivity contribution is -0.124. The van der Waals surface area contributed by atoms with Crippen molar-refractivity contribution >= 4 is 23.2 Å². The molecule has 0 aromatic heterocycles. The number of nitrogens with one attached hydrogen (secondary N) is 9. The zero-order chi connectivity index (χ0) is 28.1. The molecule has 13 heteroatoms. The van der Waals surface area contributed by atoms with Gasteiger partial charge in [-0.3, -0.25) is 4.79 Å². The summed E-state index contributed by atoms with van der Waals surface area (Å²) in [6.07, 6.45) is 7.29. The standard InChI is InChI=1S/C26H51N9O3S/c1-3-4-5-7-33-24(39)35-26-20-30-11-8-27-17-25(18-28-9-12-31-21-26,19-29-10-13-32-22-26)34-23(36)6-14-38-16-15-37-2/h1,27-32H,4-22H2,2H3,(H,34,36)(H2,33,35,39). The molecule has 0 atom stereocenters. The monoisotopic (exact) mass is 569 g/mol. The van der Waals surface area contributed by atoms with Gasteiger partial charge in [-0.2, -0.15) is 0 Å². The summed E-state index contributed by atoms with van der Waals surface area (Å²) < 4.78 is 10.5. The van der Waals surface area contributed by atoms with E-state index in [1.54, 1.807) is 7.11 Å². The third kappa shape index (κ3) is 14.6. The third-order valence-corrected chi connectivity index (χ3v) is 6.93. The predicted octanol–water partition coefficient (Wildman–Crippen LogP) is -2.92. The van der Waals surface area contributed by atoms with Gasteiger partial charge in [-0.1, -0.05) is 0 Å². The van der Waals surface area contributed by atoms with Crippen LogP contribution in [-0.2, 0) is 14.3 Å². The molecule has 0 aromatic carbocycles. The number of unbranched alkanes of at least 4 members (excludes halogenated alkanes) is 1. The second-order valence-corrected chi connectivity index (χ2v) is 10.6. The van der Waals surface area contributed by atoms with E-state index in [0.29, 0.717) is 51.0 Å². The maximum Gasteiger partial charge on any atom is 0.222 e. The van der Waals surface area contributed by atoms with Crippen LogP contribution in [-0.4, -0.2) is 134 Å². The second-order valence-electron chi connectivity index (χ2n) is 10.2. The Morgan fingerprint density at radius 2 is 1.31 bits per heavy atom. The van der Waals surface area contributed by atoms with Crippen LogP contribution in [0.4, 0.5) is 0 Å². The average Bonchev–Trinajstić information content (AvgIpc) is 2.92. The van der Waals surface area contributed by atoms with E-state index in [1.807, 2.05) is 0 Å². The largest absolute Gasteiger partial charge is 0.382 e. The van der Waals surface area contributed by atoms with Crippen molar-refractivity contribution in [3.05, 3.63) is 0 Å². The summed E-state index contributed by atoms with van der Waals surface area (Å²) in [4.78, 5) is 12.9. The highest BCUT2D eigenvalue weighted by Gasteiger charge is 2.33. The van der Waals surface area contributed by atoms with E-state index in [0.717, 1.165) is 78.3 Å². The number of carbonyl (C=O) groups excluding carboxylic acids is 1. The molecule has 12 nitrogen and oxygen atoms in total. The predicted molar refractivity (Wildman–Crippen MR) is 160 cm³/mol. The van der Waals surface area contributed by atoms with Gasteiger partial charge < -0.3 is 57.3 Å². The molecule has 3 aliphatic rings. The van der Waals surface area contributed by atoms with Crippen LogP contribution in [0.1, 0.15) is 19.3 Å². The lowest BCUT2D eigenvalue weighted by atomic mass is 9.97. The maximum atomic E-state index is 12.9. The van der Waals surface area contributed by atoms with Crippen LogP contribution < -0.4 is 47.9 Å². The minimum absolute atomic E-state index is 0.0193. The summed E-state index contributed by atoms with van der Waals surface area (Å²) in [6.45, 7) is 10.9. The molecular formula is C26H51N9O3S. The molecule has 3 aliphatic heterocycles. The summed E-state index contributed by atoms with van der Waals surface area (Å²) in [5.41, 5.74) is -0.784. The molecular weight excluding hydrogens is 518 g/mol. The first-order valence-electron chi connectivity index (χ1n) is 14.1. The van der Waals surface area contributed by atoms with Crippen LogP contribution in [0.15, 0.2) is 0 Å². The zero-order valence-electron chi connectivity index (χ0n) is 23.6. The Bertz CT molecular complexity index is 694. The molecule has 0 aromatic rings. The van der Waals surface area contributed by atoms with Gasteiger partial charge in [-0.15, -0.1) is 12.3 Å². The Labute approximate surface area is 240 Å². The normalized spacial score (nSPS) is 25.5. The fourth-order valence-electron chi connectivity index (χ4n) is 4.58. The highest BCUT2D eigenvalue weighted by molar-refractivity contribution is 7.80. The zero-order valence-corrected chi connectivity index (χ0v) is 24.5. The maximum absolute atomic E-state index is 12.9. The van der Waals surface area contributed by atoms with Crippen molar-refractivity contribution < 1.29 is 14.3 Å². The van der Waals surface area contributed by atoms with Gasteiger partial charge in [-0.25, -0.2) is 0 Å². The topological polar surface area (TPSA) is 144 Å². The first kappa shape index (κ1) is 33.6. The fourth-order valence-corrected chi connectivity index (χ4v) is 4.90. The lowest BCUT2D eigenvalue weighted by Gasteiger charge is -2.39. The van der Waals surface area contributed by atoms with Crippen molar-refractivity contribution in [1.82, 2.24) is 47.9 Å². The van der Waals surface area contributed by atoms with E-state index in [4.69, 9.17) is 28.1 Å². The van der Waals surface area contributed by atoms with E-state index < -0.39 is 5.54 Å². The van der Waals surface area contributed by atoms with Crippen molar-refractivity contribution in [1.29, 1.82) is 0 Å². The van der Waals surface area contributed by atoms with E-state index >= 15 is 0 Å². The number of fused-ring (bicyclic) bond motifs is 15. The molecule has 0 spiro atoms. The first-order valence-corrected chi connectivity index (χ1v) is 14.6. The second kappa shape index (κ2) is 20.3. The quantitative estimate of drug-likeness (QED) is 0.0714. The number of methoxy groups -OCH3 is 1.